The van der Waals surface area contributed by atoms with Crippen molar-refractivity contribution in [1.82, 2.24) is 19.8 Å². The molecular weight excluding hydrogens is 392 g/mol. The van der Waals surface area contributed by atoms with Gasteiger partial charge in [0.2, 0.25) is 0 Å². The Morgan fingerprint density at radius 3 is 2.16 bits per heavy atom. The van der Waals surface area contributed by atoms with E-state index in [0.717, 1.165) is 26.2 Å². The summed E-state index contributed by atoms with van der Waals surface area (Å²) in [5.74, 6) is 0.0123. The number of nitrogens with zero attached hydrogens (tertiary/aromatic N) is 5. The Labute approximate surface area is 181 Å². The molecule has 0 atom stereocenters. The van der Waals surface area contributed by atoms with E-state index in [1.807, 2.05) is 35.2 Å². The summed E-state index contributed by atoms with van der Waals surface area (Å²) in [6, 6.07) is 15.9. The van der Waals surface area contributed by atoms with Crippen molar-refractivity contribution in [2.45, 2.75) is 0 Å². The number of anilines is 3. The second-order valence-electron chi connectivity index (χ2n) is 7.37. The molecular formula is C23H24N6O2. The van der Waals surface area contributed by atoms with Crippen LogP contribution < -0.4 is 10.2 Å². The maximum atomic E-state index is 13.1. The predicted molar refractivity (Wildman–Crippen MR) is 119 cm³/mol. The molecule has 0 spiro atoms. The molecule has 1 N–H and O–H groups in total. The van der Waals surface area contributed by atoms with E-state index in [2.05, 4.69) is 27.2 Å². The highest BCUT2D eigenvalue weighted by molar-refractivity contribution is 6.07. The zero-order chi connectivity index (χ0) is 21.6. The monoisotopic (exact) mass is 416 g/mol. The Morgan fingerprint density at radius 1 is 0.871 bits per heavy atom. The number of rotatable bonds is 4. The summed E-state index contributed by atoms with van der Waals surface area (Å²) in [5.41, 5.74) is 2.45. The Bertz CT molecular complexity index is 979. The molecule has 3 amide bonds. The molecule has 8 heteroatoms. The van der Waals surface area contributed by atoms with Crippen molar-refractivity contribution >= 4 is 29.0 Å². The van der Waals surface area contributed by atoms with Gasteiger partial charge in [-0.05, 0) is 43.4 Å². The molecule has 4 rings (SSSR count). The van der Waals surface area contributed by atoms with Crippen LogP contribution in [0.15, 0.2) is 73.3 Å². The van der Waals surface area contributed by atoms with Crippen LogP contribution >= 0.6 is 0 Å². The number of para-hydroxylation sites is 1. The smallest absolute Gasteiger partial charge is 0.331 e. The highest BCUT2D eigenvalue weighted by Crippen LogP contribution is 2.25. The van der Waals surface area contributed by atoms with Gasteiger partial charge in [-0.2, -0.15) is 0 Å². The minimum absolute atomic E-state index is 0.0123. The topological polar surface area (TPSA) is 81.7 Å². The average molecular weight is 416 g/mol. The van der Waals surface area contributed by atoms with Gasteiger partial charge in [0.15, 0.2) is 0 Å². The summed E-state index contributed by atoms with van der Waals surface area (Å²) in [6.45, 7) is 3.19. The number of amides is 3. The van der Waals surface area contributed by atoms with Gasteiger partial charge in [-0.15, -0.1) is 0 Å². The summed E-state index contributed by atoms with van der Waals surface area (Å²) < 4.78 is 0. The first-order valence-corrected chi connectivity index (χ1v) is 10.1. The van der Waals surface area contributed by atoms with E-state index >= 15 is 0 Å². The first kappa shape index (κ1) is 20.5. The molecule has 0 bridgehead atoms. The van der Waals surface area contributed by atoms with Crippen LogP contribution in [0, 0.1) is 0 Å². The van der Waals surface area contributed by atoms with Crippen LogP contribution in [0.4, 0.5) is 21.9 Å². The van der Waals surface area contributed by atoms with Crippen LogP contribution in [0.25, 0.3) is 0 Å². The van der Waals surface area contributed by atoms with Crippen molar-refractivity contribution in [2.24, 2.45) is 0 Å². The number of aromatic nitrogens is 2. The molecule has 31 heavy (non-hydrogen) atoms. The molecule has 0 radical (unpaired) electrons. The molecule has 1 aliphatic rings. The van der Waals surface area contributed by atoms with Crippen LogP contribution in [-0.2, 0) is 0 Å². The Hall–Kier alpha value is -3.78. The molecule has 1 saturated heterocycles. The lowest BCUT2D eigenvalue weighted by molar-refractivity contribution is 0.0664. The molecule has 3 aromatic rings. The van der Waals surface area contributed by atoms with E-state index in [4.69, 9.17) is 0 Å². The van der Waals surface area contributed by atoms with E-state index in [1.54, 1.807) is 36.7 Å². The summed E-state index contributed by atoms with van der Waals surface area (Å²) in [4.78, 5) is 39.4. The first-order chi connectivity index (χ1) is 15.1. The molecule has 0 aliphatic carbocycles. The molecule has 2 heterocycles. The molecule has 2 aromatic carbocycles. The van der Waals surface area contributed by atoms with E-state index in [-0.39, 0.29) is 11.9 Å². The molecule has 1 aromatic heterocycles. The number of urea groups is 1. The Kier molecular flexibility index (Phi) is 6.18. The third-order valence-corrected chi connectivity index (χ3v) is 5.20. The van der Waals surface area contributed by atoms with Gasteiger partial charge in [-0.1, -0.05) is 18.2 Å². The van der Waals surface area contributed by atoms with E-state index in [1.165, 1.54) is 11.2 Å². The Balaban J connectivity index is 1.48. The average Bonchev–Trinajstić information content (AvgIpc) is 2.81. The van der Waals surface area contributed by atoms with Crippen LogP contribution in [0.1, 0.15) is 10.4 Å². The zero-order valence-electron chi connectivity index (χ0n) is 17.3. The van der Waals surface area contributed by atoms with Crippen molar-refractivity contribution in [3.63, 3.8) is 0 Å². The Morgan fingerprint density at radius 2 is 1.52 bits per heavy atom. The fourth-order valence-corrected chi connectivity index (χ4v) is 3.43. The number of hydrogen-bond donors (Lipinski definition) is 1. The lowest BCUT2D eigenvalue weighted by Gasteiger charge is -2.32. The van der Waals surface area contributed by atoms with Gasteiger partial charge in [-0.25, -0.2) is 14.8 Å². The van der Waals surface area contributed by atoms with Crippen molar-refractivity contribution < 1.29 is 9.59 Å². The van der Waals surface area contributed by atoms with Gasteiger partial charge in [0.1, 0.15) is 6.33 Å². The minimum atomic E-state index is -0.348. The predicted octanol–water partition coefficient (Wildman–Crippen LogP) is 3.23. The third kappa shape index (κ3) is 4.87. The van der Waals surface area contributed by atoms with Crippen molar-refractivity contribution in [3.8, 4) is 0 Å². The van der Waals surface area contributed by atoms with E-state index in [0.29, 0.717) is 22.6 Å². The number of benzene rings is 2. The second-order valence-corrected chi connectivity index (χ2v) is 7.37. The largest absolute Gasteiger partial charge is 0.336 e. The van der Waals surface area contributed by atoms with Crippen molar-refractivity contribution in [3.05, 3.63) is 78.9 Å². The summed E-state index contributed by atoms with van der Waals surface area (Å²) >= 11 is 0. The van der Waals surface area contributed by atoms with Gasteiger partial charge in [0.05, 0.1) is 23.8 Å². The van der Waals surface area contributed by atoms with Crippen molar-refractivity contribution in [1.29, 1.82) is 0 Å². The van der Waals surface area contributed by atoms with Gasteiger partial charge in [0, 0.05) is 37.4 Å². The lowest BCUT2D eigenvalue weighted by atomic mass is 10.1. The fourth-order valence-electron chi connectivity index (χ4n) is 3.43. The number of likely N-dealkylation sites (N-methyl/N-ethyl adjacent to an activating group) is 1. The van der Waals surface area contributed by atoms with Crippen LogP contribution in [-0.4, -0.2) is 64.9 Å². The number of piperazine rings is 1. The van der Waals surface area contributed by atoms with Gasteiger partial charge < -0.3 is 15.1 Å². The maximum absolute atomic E-state index is 13.1. The van der Waals surface area contributed by atoms with Gasteiger partial charge >= 0.3 is 6.03 Å². The van der Waals surface area contributed by atoms with Crippen LogP contribution in [0.3, 0.4) is 0 Å². The summed E-state index contributed by atoms with van der Waals surface area (Å²) in [7, 11) is 2.06. The number of carbonyl (C=O) groups is 2. The van der Waals surface area contributed by atoms with Crippen molar-refractivity contribution in [2.75, 3.05) is 43.4 Å². The normalized spacial score (nSPS) is 14.2. The highest BCUT2D eigenvalue weighted by Gasteiger charge is 2.21. The van der Waals surface area contributed by atoms with Gasteiger partial charge in [-0.3, -0.25) is 9.69 Å². The SMILES string of the molecule is CN1CCN(C(=O)c2ccc(NC(=O)N(c3ccccc3)c3cncnc3)cc2)CC1. The third-order valence-electron chi connectivity index (χ3n) is 5.20. The molecule has 0 unspecified atom stereocenters. The molecule has 1 fully saturated rings. The minimum Gasteiger partial charge on any atom is -0.336 e. The molecule has 0 saturated carbocycles. The quantitative estimate of drug-likeness (QED) is 0.706. The maximum Gasteiger partial charge on any atom is 0.331 e. The van der Waals surface area contributed by atoms with E-state index in [9.17, 15) is 9.59 Å². The van der Waals surface area contributed by atoms with Crippen LogP contribution in [0.5, 0.6) is 0 Å². The number of hydrogen-bond acceptors (Lipinski definition) is 5. The lowest BCUT2D eigenvalue weighted by Crippen LogP contribution is -2.47. The molecule has 1 aliphatic heterocycles. The summed E-state index contributed by atoms with van der Waals surface area (Å²) in [5, 5.41) is 2.89. The molecule has 158 valence electrons. The standard InChI is InChI=1S/C23H24N6O2/c1-27-11-13-28(14-12-27)22(30)18-7-9-19(10-8-18)26-23(31)29(20-5-3-2-4-6-20)21-15-24-17-25-16-21/h2-10,15-17H,11-14H2,1H3,(H,26,31). The number of nitrogens with one attached hydrogen (secondary N) is 1. The second kappa shape index (κ2) is 9.36. The zero-order valence-corrected chi connectivity index (χ0v) is 17.3. The van der Waals surface area contributed by atoms with Crippen LogP contribution in [0.2, 0.25) is 0 Å². The highest BCUT2D eigenvalue weighted by atomic mass is 16.2. The van der Waals surface area contributed by atoms with E-state index < -0.39 is 0 Å². The summed E-state index contributed by atoms with van der Waals surface area (Å²) in [6.07, 6.45) is 4.58. The fraction of sp³-hybridized carbons (Fsp3) is 0.217. The van der Waals surface area contributed by atoms with Gasteiger partial charge in [0.25, 0.3) is 5.91 Å². The number of carbonyl (C=O) groups excluding carboxylic acids is 2. The first-order valence-electron chi connectivity index (χ1n) is 10.1. The molecule has 8 nitrogen and oxygen atoms in total.